The van der Waals surface area contributed by atoms with Gasteiger partial charge >= 0.3 is 0 Å². The highest BCUT2D eigenvalue weighted by atomic mass is 32.2. The SMILES string of the molecule is N#Cc1ncccc1CN1C(=O)c2cccnc2S1(=O)=O. The van der Waals surface area contributed by atoms with Crippen molar-refractivity contribution in [2.75, 3.05) is 0 Å². The summed E-state index contributed by atoms with van der Waals surface area (Å²) in [7, 11) is -3.98. The second-order valence-corrected chi connectivity index (χ2v) is 6.07. The van der Waals surface area contributed by atoms with Gasteiger partial charge in [-0.3, -0.25) is 4.79 Å². The zero-order valence-electron chi connectivity index (χ0n) is 10.6. The number of hydrogen-bond acceptors (Lipinski definition) is 6. The Morgan fingerprint density at radius 3 is 2.62 bits per heavy atom. The molecule has 0 bridgehead atoms. The monoisotopic (exact) mass is 300 g/mol. The van der Waals surface area contributed by atoms with Crippen molar-refractivity contribution < 1.29 is 13.2 Å². The van der Waals surface area contributed by atoms with Crippen molar-refractivity contribution in [1.82, 2.24) is 14.3 Å². The Morgan fingerprint density at radius 1 is 1.19 bits per heavy atom. The molecule has 1 aliphatic heterocycles. The van der Waals surface area contributed by atoms with Gasteiger partial charge in [0, 0.05) is 18.0 Å². The van der Waals surface area contributed by atoms with Crippen LogP contribution in [0.1, 0.15) is 21.6 Å². The first kappa shape index (κ1) is 13.2. The number of aromatic nitrogens is 2. The fraction of sp³-hybridized carbons (Fsp3) is 0.0769. The summed E-state index contributed by atoms with van der Waals surface area (Å²) in [6.45, 7) is -0.242. The maximum Gasteiger partial charge on any atom is 0.285 e. The van der Waals surface area contributed by atoms with Gasteiger partial charge in [-0.05, 0) is 18.2 Å². The maximum absolute atomic E-state index is 12.3. The molecule has 0 aliphatic carbocycles. The zero-order valence-corrected chi connectivity index (χ0v) is 11.4. The molecule has 1 amide bonds. The van der Waals surface area contributed by atoms with Crippen LogP contribution in [0.2, 0.25) is 0 Å². The number of rotatable bonds is 2. The Bertz CT molecular complexity index is 886. The molecule has 2 aromatic rings. The van der Waals surface area contributed by atoms with Crippen molar-refractivity contribution >= 4 is 15.9 Å². The van der Waals surface area contributed by atoms with Crippen molar-refractivity contribution in [3.05, 3.63) is 53.5 Å². The number of pyridine rings is 2. The Balaban J connectivity index is 2.06. The summed E-state index contributed by atoms with van der Waals surface area (Å²) in [6, 6.07) is 7.93. The molecule has 0 aromatic carbocycles. The van der Waals surface area contributed by atoms with Gasteiger partial charge in [0.25, 0.3) is 15.9 Å². The summed E-state index contributed by atoms with van der Waals surface area (Å²) in [6.07, 6.45) is 2.75. The minimum atomic E-state index is -3.98. The van der Waals surface area contributed by atoms with Crippen molar-refractivity contribution in [2.45, 2.75) is 11.6 Å². The van der Waals surface area contributed by atoms with Gasteiger partial charge in [-0.1, -0.05) is 6.07 Å². The lowest BCUT2D eigenvalue weighted by molar-refractivity contribution is 0.0864. The number of carbonyl (C=O) groups is 1. The number of fused-ring (bicyclic) bond motifs is 1. The van der Waals surface area contributed by atoms with Crippen LogP contribution in [0.3, 0.4) is 0 Å². The Hall–Kier alpha value is -2.79. The third-order valence-electron chi connectivity index (χ3n) is 3.07. The molecule has 7 nitrogen and oxygen atoms in total. The fourth-order valence-electron chi connectivity index (χ4n) is 2.09. The molecule has 2 aromatic heterocycles. The Kier molecular flexibility index (Phi) is 2.92. The Labute approximate surface area is 120 Å². The van der Waals surface area contributed by atoms with Crippen molar-refractivity contribution in [3.63, 3.8) is 0 Å². The van der Waals surface area contributed by atoms with Crippen LogP contribution in [0.4, 0.5) is 0 Å². The molecule has 0 saturated heterocycles. The second-order valence-electron chi connectivity index (χ2n) is 4.30. The van der Waals surface area contributed by atoms with Gasteiger partial charge in [0.1, 0.15) is 11.8 Å². The fourth-order valence-corrected chi connectivity index (χ4v) is 3.55. The average Bonchev–Trinajstić information content (AvgIpc) is 2.69. The van der Waals surface area contributed by atoms with Crippen LogP contribution in [0.15, 0.2) is 41.7 Å². The van der Waals surface area contributed by atoms with Gasteiger partial charge in [-0.25, -0.2) is 14.3 Å². The first-order valence-electron chi connectivity index (χ1n) is 5.92. The number of nitrogens with zero attached hydrogens (tertiary/aromatic N) is 4. The van der Waals surface area contributed by atoms with Gasteiger partial charge in [0.15, 0.2) is 5.03 Å². The number of carbonyl (C=O) groups excluding carboxylic acids is 1. The molecule has 3 heterocycles. The highest BCUT2D eigenvalue weighted by Crippen LogP contribution is 2.29. The zero-order chi connectivity index (χ0) is 15.0. The number of sulfonamides is 1. The molecule has 0 radical (unpaired) electrons. The summed E-state index contributed by atoms with van der Waals surface area (Å²) < 4.78 is 25.4. The van der Waals surface area contributed by atoms with E-state index in [1.54, 1.807) is 12.1 Å². The molecule has 0 N–H and O–H groups in total. The molecule has 0 fully saturated rings. The average molecular weight is 300 g/mol. The molecular weight excluding hydrogens is 292 g/mol. The van der Waals surface area contributed by atoms with E-state index in [0.29, 0.717) is 9.87 Å². The minimum Gasteiger partial charge on any atom is -0.268 e. The van der Waals surface area contributed by atoms with Crippen LogP contribution in [0.25, 0.3) is 0 Å². The lowest BCUT2D eigenvalue weighted by Crippen LogP contribution is -2.30. The quantitative estimate of drug-likeness (QED) is 0.808. The van der Waals surface area contributed by atoms with E-state index in [1.165, 1.54) is 24.5 Å². The molecule has 0 atom stereocenters. The summed E-state index contributed by atoms with van der Waals surface area (Å²) in [5.74, 6) is -0.647. The van der Waals surface area contributed by atoms with Gasteiger partial charge in [-0.2, -0.15) is 13.7 Å². The molecule has 0 unspecified atom stereocenters. The van der Waals surface area contributed by atoms with Crippen molar-refractivity contribution in [2.24, 2.45) is 0 Å². The van der Waals surface area contributed by atoms with Crippen LogP contribution in [-0.2, 0) is 16.6 Å². The second kappa shape index (κ2) is 4.64. The van der Waals surface area contributed by atoms with Crippen molar-refractivity contribution in [3.8, 4) is 6.07 Å². The normalized spacial score (nSPS) is 15.6. The standard InChI is InChI=1S/C13H8N4O3S/c14-7-11-9(3-1-5-15-11)8-17-13(18)10-4-2-6-16-12(10)21(17,19)20/h1-6H,8H2. The van der Waals surface area contributed by atoms with E-state index in [2.05, 4.69) is 9.97 Å². The van der Waals surface area contributed by atoms with Crippen LogP contribution >= 0.6 is 0 Å². The third kappa shape index (κ3) is 1.95. The molecule has 0 saturated carbocycles. The third-order valence-corrected chi connectivity index (χ3v) is 4.76. The summed E-state index contributed by atoms with van der Waals surface area (Å²) in [4.78, 5) is 19.8. The molecule has 104 valence electrons. The van der Waals surface area contributed by atoms with E-state index < -0.39 is 15.9 Å². The van der Waals surface area contributed by atoms with Gasteiger partial charge in [-0.15, -0.1) is 0 Å². The minimum absolute atomic E-state index is 0.0416. The highest BCUT2D eigenvalue weighted by molar-refractivity contribution is 7.90. The topological polar surface area (TPSA) is 104 Å². The summed E-state index contributed by atoms with van der Waals surface area (Å²) >= 11 is 0. The smallest absolute Gasteiger partial charge is 0.268 e. The molecule has 1 aliphatic rings. The van der Waals surface area contributed by atoms with Crippen LogP contribution in [0, 0.1) is 11.3 Å². The van der Waals surface area contributed by atoms with Gasteiger partial charge in [0.2, 0.25) is 0 Å². The van der Waals surface area contributed by atoms with E-state index in [1.807, 2.05) is 6.07 Å². The van der Waals surface area contributed by atoms with Crippen LogP contribution in [0.5, 0.6) is 0 Å². The highest BCUT2D eigenvalue weighted by Gasteiger charge is 2.42. The number of nitriles is 1. The molecule has 3 rings (SSSR count). The molecule has 21 heavy (non-hydrogen) atoms. The van der Waals surface area contributed by atoms with E-state index in [-0.39, 0.29) is 22.8 Å². The first-order valence-corrected chi connectivity index (χ1v) is 7.36. The van der Waals surface area contributed by atoms with E-state index in [4.69, 9.17) is 5.26 Å². The first-order chi connectivity index (χ1) is 10.1. The number of hydrogen-bond donors (Lipinski definition) is 0. The largest absolute Gasteiger partial charge is 0.285 e. The van der Waals surface area contributed by atoms with Crippen molar-refractivity contribution in [1.29, 1.82) is 5.26 Å². The summed E-state index contributed by atoms with van der Waals surface area (Å²) in [5, 5.41) is 8.73. The van der Waals surface area contributed by atoms with E-state index >= 15 is 0 Å². The predicted octanol–water partition coefficient (Wildman–Crippen LogP) is 0.693. The molecule has 8 heteroatoms. The van der Waals surface area contributed by atoms with Crippen LogP contribution in [-0.4, -0.2) is 28.6 Å². The van der Waals surface area contributed by atoms with Crippen LogP contribution < -0.4 is 0 Å². The Morgan fingerprint density at radius 2 is 1.90 bits per heavy atom. The van der Waals surface area contributed by atoms with E-state index in [0.717, 1.165) is 0 Å². The number of amides is 1. The lowest BCUT2D eigenvalue weighted by atomic mass is 10.2. The predicted molar refractivity (Wildman–Crippen MR) is 70.2 cm³/mol. The summed E-state index contributed by atoms with van der Waals surface area (Å²) in [5.41, 5.74) is 0.494. The van der Waals surface area contributed by atoms with E-state index in [9.17, 15) is 13.2 Å². The van der Waals surface area contributed by atoms with Gasteiger partial charge < -0.3 is 0 Å². The molecule has 0 spiro atoms. The lowest BCUT2D eigenvalue weighted by Gasteiger charge is -2.14. The van der Waals surface area contributed by atoms with Gasteiger partial charge in [0.05, 0.1) is 12.1 Å². The maximum atomic E-state index is 12.3. The molecular formula is C13H8N4O3S.